The van der Waals surface area contributed by atoms with Gasteiger partial charge in [0.05, 0.1) is 11.6 Å². The lowest BCUT2D eigenvalue weighted by Gasteiger charge is -2.18. The molecule has 2 N–H and O–H groups in total. The van der Waals surface area contributed by atoms with Crippen molar-refractivity contribution in [3.8, 4) is 0 Å². The lowest BCUT2D eigenvalue weighted by molar-refractivity contribution is -0.140. The summed E-state index contributed by atoms with van der Waals surface area (Å²) in [7, 11) is 0. The van der Waals surface area contributed by atoms with Crippen LogP contribution in [-0.2, 0) is 6.18 Å². The van der Waals surface area contributed by atoms with Crippen LogP contribution in [0.3, 0.4) is 0 Å². The topological polar surface area (TPSA) is 26.0 Å². The van der Waals surface area contributed by atoms with E-state index in [-0.39, 0.29) is 0 Å². The molecule has 0 fully saturated rings. The summed E-state index contributed by atoms with van der Waals surface area (Å²) in [5.41, 5.74) is 7.85. The molecular weight excluding hydrogens is 282 g/mol. The van der Waals surface area contributed by atoms with Gasteiger partial charge in [-0.2, -0.15) is 13.2 Å². The summed E-state index contributed by atoms with van der Waals surface area (Å²) in [5, 5.41) is 0. The zero-order valence-electron chi connectivity index (χ0n) is 11.6. The Morgan fingerprint density at radius 1 is 1.05 bits per heavy atom. The number of nitrogens with two attached hydrogens (primary N) is 1. The number of hydrogen-bond acceptors (Lipinski definition) is 1. The number of rotatable bonds is 2. The van der Waals surface area contributed by atoms with Crippen LogP contribution in [0.5, 0.6) is 0 Å². The van der Waals surface area contributed by atoms with Gasteiger partial charge in [0.1, 0.15) is 5.82 Å². The fraction of sp³-hybridized carbons (Fsp3) is 0.250. The SMILES string of the molecule is Cc1cccc(C(N)c2ccc(C(F)(F)F)c(F)c2)c1C. The maximum Gasteiger partial charge on any atom is 0.419 e. The van der Waals surface area contributed by atoms with Gasteiger partial charge in [0.25, 0.3) is 0 Å². The van der Waals surface area contributed by atoms with E-state index >= 15 is 0 Å². The Balaban J connectivity index is 2.43. The lowest BCUT2D eigenvalue weighted by atomic mass is 9.93. The highest BCUT2D eigenvalue weighted by molar-refractivity contribution is 5.41. The average molecular weight is 297 g/mol. The number of alkyl halides is 3. The Morgan fingerprint density at radius 2 is 1.71 bits per heavy atom. The van der Waals surface area contributed by atoms with E-state index in [0.717, 1.165) is 28.8 Å². The molecule has 0 spiro atoms. The van der Waals surface area contributed by atoms with Gasteiger partial charge in [0.15, 0.2) is 0 Å². The van der Waals surface area contributed by atoms with Crippen molar-refractivity contribution in [1.82, 2.24) is 0 Å². The predicted molar refractivity (Wildman–Crippen MR) is 73.3 cm³/mol. The molecule has 112 valence electrons. The highest BCUT2D eigenvalue weighted by Crippen LogP contribution is 2.33. The van der Waals surface area contributed by atoms with Gasteiger partial charge in [-0.25, -0.2) is 4.39 Å². The molecule has 1 atom stereocenters. The first-order chi connectivity index (χ1) is 9.71. The van der Waals surface area contributed by atoms with Crippen LogP contribution in [0.15, 0.2) is 36.4 Å². The summed E-state index contributed by atoms with van der Waals surface area (Å²) in [6, 6.07) is 7.67. The van der Waals surface area contributed by atoms with Gasteiger partial charge in [-0.1, -0.05) is 24.3 Å². The van der Waals surface area contributed by atoms with Crippen LogP contribution >= 0.6 is 0 Å². The third kappa shape index (κ3) is 3.08. The summed E-state index contributed by atoms with van der Waals surface area (Å²) >= 11 is 0. The van der Waals surface area contributed by atoms with Crippen LogP contribution in [0.1, 0.15) is 33.9 Å². The van der Waals surface area contributed by atoms with Gasteiger partial charge in [0.2, 0.25) is 0 Å². The van der Waals surface area contributed by atoms with Gasteiger partial charge >= 0.3 is 6.18 Å². The van der Waals surface area contributed by atoms with Crippen LogP contribution < -0.4 is 5.73 Å². The van der Waals surface area contributed by atoms with Crippen molar-refractivity contribution >= 4 is 0 Å². The monoisotopic (exact) mass is 297 g/mol. The van der Waals surface area contributed by atoms with Crippen LogP contribution in [0, 0.1) is 19.7 Å². The first kappa shape index (κ1) is 15.5. The van der Waals surface area contributed by atoms with Crippen molar-refractivity contribution in [2.75, 3.05) is 0 Å². The second kappa shape index (κ2) is 5.48. The molecule has 0 aliphatic heterocycles. The lowest BCUT2D eigenvalue weighted by Crippen LogP contribution is -2.15. The number of aryl methyl sites for hydroxylation is 1. The summed E-state index contributed by atoms with van der Waals surface area (Å²) in [6.45, 7) is 3.80. The molecule has 0 aliphatic carbocycles. The van der Waals surface area contributed by atoms with E-state index in [2.05, 4.69) is 0 Å². The third-order valence-electron chi connectivity index (χ3n) is 3.64. The van der Waals surface area contributed by atoms with Crippen molar-refractivity contribution in [3.05, 3.63) is 70.0 Å². The first-order valence-corrected chi connectivity index (χ1v) is 6.40. The van der Waals surface area contributed by atoms with Gasteiger partial charge in [-0.15, -0.1) is 0 Å². The molecule has 0 heterocycles. The zero-order chi connectivity index (χ0) is 15.8. The Morgan fingerprint density at radius 3 is 2.29 bits per heavy atom. The zero-order valence-corrected chi connectivity index (χ0v) is 11.6. The molecule has 0 aliphatic rings. The maximum absolute atomic E-state index is 13.6. The Hall–Kier alpha value is -1.88. The van der Waals surface area contributed by atoms with E-state index in [1.54, 1.807) is 6.07 Å². The molecule has 0 bridgehead atoms. The fourth-order valence-electron chi connectivity index (χ4n) is 2.24. The van der Waals surface area contributed by atoms with Crippen molar-refractivity contribution < 1.29 is 17.6 Å². The van der Waals surface area contributed by atoms with E-state index < -0.39 is 23.6 Å². The highest BCUT2D eigenvalue weighted by atomic mass is 19.4. The van der Waals surface area contributed by atoms with Crippen molar-refractivity contribution in [2.45, 2.75) is 26.1 Å². The fourth-order valence-corrected chi connectivity index (χ4v) is 2.24. The van der Waals surface area contributed by atoms with Crippen LogP contribution in [0.25, 0.3) is 0 Å². The molecule has 5 heteroatoms. The summed E-state index contributed by atoms with van der Waals surface area (Å²) in [4.78, 5) is 0. The van der Waals surface area contributed by atoms with Crippen LogP contribution in [0.2, 0.25) is 0 Å². The number of halogens is 4. The molecule has 0 saturated heterocycles. The van der Waals surface area contributed by atoms with E-state index in [4.69, 9.17) is 5.73 Å². The Labute approximate surface area is 120 Å². The van der Waals surface area contributed by atoms with E-state index in [1.807, 2.05) is 26.0 Å². The number of benzene rings is 2. The first-order valence-electron chi connectivity index (χ1n) is 6.40. The average Bonchev–Trinajstić information content (AvgIpc) is 2.39. The van der Waals surface area contributed by atoms with E-state index in [0.29, 0.717) is 5.56 Å². The second-order valence-electron chi connectivity index (χ2n) is 5.00. The van der Waals surface area contributed by atoms with Crippen molar-refractivity contribution in [3.63, 3.8) is 0 Å². The molecular formula is C16H15F4N. The molecule has 1 unspecified atom stereocenters. The van der Waals surface area contributed by atoms with Crippen LogP contribution in [0.4, 0.5) is 17.6 Å². The van der Waals surface area contributed by atoms with Crippen LogP contribution in [-0.4, -0.2) is 0 Å². The largest absolute Gasteiger partial charge is 0.419 e. The maximum atomic E-state index is 13.6. The van der Waals surface area contributed by atoms with E-state index in [1.165, 1.54) is 6.07 Å². The molecule has 0 saturated carbocycles. The van der Waals surface area contributed by atoms with Crippen molar-refractivity contribution in [1.29, 1.82) is 0 Å². The molecule has 0 aromatic heterocycles. The number of hydrogen-bond donors (Lipinski definition) is 1. The molecule has 2 rings (SSSR count). The molecule has 1 nitrogen and oxygen atoms in total. The second-order valence-corrected chi connectivity index (χ2v) is 5.00. The quantitative estimate of drug-likeness (QED) is 0.811. The summed E-state index contributed by atoms with van der Waals surface area (Å²) < 4.78 is 51.3. The smallest absolute Gasteiger partial charge is 0.320 e. The standard InChI is InChI=1S/C16H15F4N/c1-9-4-3-5-12(10(9)2)15(21)11-6-7-13(14(17)8-11)16(18,19)20/h3-8,15H,21H2,1-2H3. The van der Waals surface area contributed by atoms with Gasteiger partial charge in [-0.3, -0.25) is 0 Å². The third-order valence-corrected chi connectivity index (χ3v) is 3.64. The molecule has 2 aromatic rings. The minimum Gasteiger partial charge on any atom is -0.320 e. The summed E-state index contributed by atoms with van der Waals surface area (Å²) in [5.74, 6) is -1.30. The van der Waals surface area contributed by atoms with E-state index in [9.17, 15) is 17.6 Å². The molecule has 21 heavy (non-hydrogen) atoms. The molecule has 2 aromatic carbocycles. The highest BCUT2D eigenvalue weighted by Gasteiger charge is 2.34. The summed E-state index contributed by atoms with van der Waals surface area (Å²) in [6.07, 6.45) is -4.70. The Kier molecular flexibility index (Phi) is 4.05. The minimum atomic E-state index is -4.70. The van der Waals surface area contributed by atoms with Gasteiger partial charge in [0, 0.05) is 0 Å². The Bertz CT molecular complexity index is 662. The van der Waals surface area contributed by atoms with Crippen molar-refractivity contribution in [2.24, 2.45) is 5.73 Å². The van der Waals surface area contributed by atoms with Gasteiger partial charge in [-0.05, 0) is 48.2 Å². The minimum absolute atomic E-state index is 0.314. The normalized spacial score (nSPS) is 13.3. The van der Waals surface area contributed by atoms with Gasteiger partial charge < -0.3 is 5.73 Å². The molecule has 0 radical (unpaired) electrons. The predicted octanol–water partition coefficient (Wildman–Crippen LogP) is 4.51. The molecule has 0 amide bonds.